The molecule has 0 aliphatic heterocycles. The van der Waals surface area contributed by atoms with Crippen molar-refractivity contribution in [2.24, 2.45) is 5.14 Å². The van der Waals surface area contributed by atoms with Crippen LogP contribution in [0.15, 0.2) is 47.4 Å². The topological polar surface area (TPSA) is 89.4 Å². The molecule has 0 bridgehead atoms. The van der Waals surface area contributed by atoms with Gasteiger partial charge < -0.3 is 10.6 Å². The summed E-state index contributed by atoms with van der Waals surface area (Å²) in [6.45, 7) is 4.64. The van der Waals surface area contributed by atoms with Crippen LogP contribution in [0.1, 0.15) is 12.5 Å². The van der Waals surface area contributed by atoms with Crippen LogP contribution in [0.3, 0.4) is 0 Å². The number of anilines is 3. The summed E-state index contributed by atoms with van der Waals surface area (Å²) >= 11 is 0. The van der Waals surface area contributed by atoms with E-state index in [0.29, 0.717) is 17.9 Å². The van der Waals surface area contributed by atoms with Crippen molar-refractivity contribution in [2.75, 3.05) is 17.2 Å². The fourth-order valence-electron chi connectivity index (χ4n) is 2.27. The predicted molar refractivity (Wildman–Crippen MR) is 86.1 cm³/mol. The molecule has 112 valence electrons. The van der Waals surface area contributed by atoms with Crippen LogP contribution in [-0.2, 0) is 10.0 Å². The van der Waals surface area contributed by atoms with Gasteiger partial charge in [0.25, 0.3) is 0 Å². The number of aryl methyl sites for hydroxylation is 1. The second kappa shape index (κ2) is 5.75. The van der Waals surface area contributed by atoms with Crippen molar-refractivity contribution in [3.63, 3.8) is 0 Å². The van der Waals surface area contributed by atoms with Crippen molar-refractivity contribution in [1.29, 1.82) is 0 Å². The summed E-state index contributed by atoms with van der Waals surface area (Å²) in [6, 6.07) is 12.4. The molecule has 0 unspecified atom stereocenters. The third kappa shape index (κ3) is 3.17. The average molecular weight is 305 g/mol. The smallest absolute Gasteiger partial charge is 0.238 e. The van der Waals surface area contributed by atoms with Gasteiger partial charge in [-0.2, -0.15) is 0 Å². The maximum atomic E-state index is 11.5. The van der Waals surface area contributed by atoms with E-state index in [4.69, 9.17) is 10.9 Å². The maximum absolute atomic E-state index is 11.5. The molecule has 2 rings (SSSR count). The zero-order chi connectivity index (χ0) is 15.6. The van der Waals surface area contributed by atoms with Crippen LogP contribution in [0.2, 0.25) is 0 Å². The summed E-state index contributed by atoms with van der Waals surface area (Å²) in [7, 11) is -3.76. The molecule has 0 radical (unpaired) electrons. The van der Waals surface area contributed by atoms with Crippen LogP contribution in [0.4, 0.5) is 17.1 Å². The first kappa shape index (κ1) is 15.3. The molecule has 0 saturated carbocycles. The van der Waals surface area contributed by atoms with Crippen molar-refractivity contribution < 1.29 is 8.42 Å². The molecule has 0 heterocycles. The van der Waals surface area contributed by atoms with Gasteiger partial charge in [-0.3, -0.25) is 0 Å². The molecule has 0 aromatic heterocycles. The van der Waals surface area contributed by atoms with Crippen LogP contribution in [0.5, 0.6) is 0 Å². The number of nitrogens with two attached hydrogens (primary N) is 2. The largest absolute Gasteiger partial charge is 0.397 e. The van der Waals surface area contributed by atoms with Crippen LogP contribution >= 0.6 is 0 Å². The number of rotatable bonds is 4. The zero-order valence-electron chi connectivity index (χ0n) is 12.1. The third-order valence-corrected chi connectivity index (χ3v) is 4.25. The van der Waals surface area contributed by atoms with E-state index in [-0.39, 0.29) is 4.90 Å². The van der Waals surface area contributed by atoms with Crippen LogP contribution in [0.25, 0.3) is 0 Å². The van der Waals surface area contributed by atoms with Crippen molar-refractivity contribution in [1.82, 2.24) is 0 Å². The van der Waals surface area contributed by atoms with Gasteiger partial charge in [-0.05, 0) is 43.7 Å². The Balaban J connectivity index is 2.60. The fourth-order valence-corrected chi connectivity index (χ4v) is 2.80. The van der Waals surface area contributed by atoms with Crippen molar-refractivity contribution in [3.05, 3.63) is 48.0 Å². The monoisotopic (exact) mass is 305 g/mol. The molecule has 0 saturated heterocycles. The van der Waals surface area contributed by atoms with Gasteiger partial charge >= 0.3 is 0 Å². The van der Waals surface area contributed by atoms with E-state index >= 15 is 0 Å². The molecule has 0 aliphatic rings. The first-order valence-corrected chi connectivity index (χ1v) is 8.14. The Kier molecular flexibility index (Phi) is 4.20. The molecule has 2 aromatic rings. The Bertz CT molecular complexity index is 757. The highest BCUT2D eigenvalue weighted by molar-refractivity contribution is 7.89. The lowest BCUT2D eigenvalue weighted by atomic mass is 10.1. The van der Waals surface area contributed by atoms with E-state index < -0.39 is 10.0 Å². The van der Waals surface area contributed by atoms with Crippen LogP contribution < -0.4 is 15.8 Å². The van der Waals surface area contributed by atoms with Gasteiger partial charge in [0.05, 0.1) is 16.3 Å². The molecule has 2 aromatic carbocycles. The summed E-state index contributed by atoms with van der Waals surface area (Å²) in [5, 5.41) is 5.20. The molecule has 0 fully saturated rings. The minimum absolute atomic E-state index is 0.0544. The zero-order valence-corrected chi connectivity index (χ0v) is 12.9. The van der Waals surface area contributed by atoms with Gasteiger partial charge in [-0.25, -0.2) is 13.6 Å². The number of nitrogen functional groups attached to an aromatic ring is 1. The summed E-state index contributed by atoms with van der Waals surface area (Å²) in [6.07, 6.45) is 0. The second-order valence-electron chi connectivity index (χ2n) is 4.80. The van der Waals surface area contributed by atoms with Gasteiger partial charge in [0, 0.05) is 12.2 Å². The van der Waals surface area contributed by atoms with E-state index in [0.717, 1.165) is 11.3 Å². The molecule has 4 N–H and O–H groups in total. The highest BCUT2D eigenvalue weighted by Gasteiger charge is 2.16. The van der Waals surface area contributed by atoms with Crippen molar-refractivity contribution >= 4 is 27.1 Å². The number of sulfonamides is 1. The summed E-state index contributed by atoms with van der Waals surface area (Å²) in [5.74, 6) is 0. The summed E-state index contributed by atoms with van der Waals surface area (Å²) in [5.41, 5.74) is 9.23. The number of hydrogen-bond donors (Lipinski definition) is 2. The highest BCUT2D eigenvalue weighted by Crippen LogP contribution is 2.33. The predicted octanol–water partition coefficient (Wildman–Crippen LogP) is 2.38. The van der Waals surface area contributed by atoms with E-state index in [1.165, 1.54) is 12.1 Å². The molecule has 0 aliphatic carbocycles. The second-order valence-corrected chi connectivity index (χ2v) is 6.36. The third-order valence-electron chi connectivity index (χ3n) is 3.34. The Labute approximate surface area is 125 Å². The quantitative estimate of drug-likeness (QED) is 0.849. The molecular formula is C15H19N3O2S. The van der Waals surface area contributed by atoms with E-state index in [2.05, 4.69) is 0 Å². The van der Waals surface area contributed by atoms with Crippen LogP contribution in [0, 0.1) is 6.92 Å². The minimum Gasteiger partial charge on any atom is -0.397 e. The Morgan fingerprint density at radius 1 is 1.10 bits per heavy atom. The normalized spacial score (nSPS) is 11.4. The van der Waals surface area contributed by atoms with Gasteiger partial charge in [0.1, 0.15) is 0 Å². The van der Waals surface area contributed by atoms with E-state index in [1.54, 1.807) is 6.07 Å². The lowest BCUT2D eigenvalue weighted by molar-refractivity contribution is 0.598. The standard InChI is InChI=1S/C15H19N3O2S/c1-3-18(14-7-5-4-6-11(14)2)15-10-12(21(17,19)20)8-9-13(15)16/h4-10H,3,16H2,1-2H3,(H2,17,19,20). The molecule has 0 atom stereocenters. The molecule has 21 heavy (non-hydrogen) atoms. The summed E-state index contributed by atoms with van der Waals surface area (Å²) in [4.78, 5) is 2.03. The lowest BCUT2D eigenvalue weighted by Gasteiger charge is -2.26. The SMILES string of the molecule is CCN(c1ccccc1C)c1cc(S(N)(=O)=O)ccc1N. The number of para-hydroxylation sites is 1. The average Bonchev–Trinajstić information content (AvgIpc) is 2.42. The molecule has 0 spiro atoms. The van der Waals surface area contributed by atoms with E-state index in [9.17, 15) is 8.42 Å². The Hall–Kier alpha value is -2.05. The first-order chi connectivity index (χ1) is 9.84. The number of nitrogens with zero attached hydrogens (tertiary/aromatic N) is 1. The first-order valence-electron chi connectivity index (χ1n) is 6.60. The number of hydrogen-bond acceptors (Lipinski definition) is 4. The number of benzene rings is 2. The van der Waals surface area contributed by atoms with Gasteiger partial charge in [0.15, 0.2) is 0 Å². The van der Waals surface area contributed by atoms with Gasteiger partial charge in [0.2, 0.25) is 10.0 Å². The molecule has 5 nitrogen and oxygen atoms in total. The lowest BCUT2D eigenvalue weighted by Crippen LogP contribution is -2.20. The highest BCUT2D eigenvalue weighted by atomic mass is 32.2. The minimum atomic E-state index is -3.76. The van der Waals surface area contributed by atoms with Crippen molar-refractivity contribution in [2.45, 2.75) is 18.7 Å². The van der Waals surface area contributed by atoms with Gasteiger partial charge in [-0.15, -0.1) is 0 Å². The maximum Gasteiger partial charge on any atom is 0.238 e. The fraction of sp³-hybridized carbons (Fsp3) is 0.200. The number of primary sulfonamides is 1. The van der Waals surface area contributed by atoms with Gasteiger partial charge in [-0.1, -0.05) is 18.2 Å². The molecular weight excluding hydrogens is 286 g/mol. The summed E-state index contributed by atoms with van der Waals surface area (Å²) < 4.78 is 23.1. The Morgan fingerprint density at radius 3 is 2.33 bits per heavy atom. The van der Waals surface area contributed by atoms with Crippen molar-refractivity contribution in [3.8, 4) is 0 Å². The Morgan fingerprint density at radius 2 is 1.76 bits per heavy atom. The van der Waals surface area contributed by atoms with Crippen LogP contribution in [-0.4, -0.2) is 15.0 Å². The molecule has 0 amide bonds. The molecule has 6 heteroatoms. The van der Waals surface area contributed by atoms with E-state index in [1.807, 2.05) is 43.0 Å².